The van der Waals surface area contributed by atoms with Gasteiger partial charge in [0.2, 0.25) is 0 Å². The molecule has 1 N–H and O–H groups in total. The zero-order valence-corrected chi connectivity index (χ0v) is 15.3. The molecular formula is C20H27ClN2O. The molecule has 2 aliphatic rings. The maximum atomic E-state index is 5.31. The van der Waals surface area contributed by atoms with E-state index in [1.54, 1.807) is 7.11 Å². The molecule has 2 aliphatic heterocycles. The van der Waals surface area contributed by atoms with Crippen LogP contribution in [0.3, 0.4) is 0 Å². The molecular weight excluding hydrogens is 320 g/mol. The summed E-state index contributed by atoms with van der Waals surface area (Å²) in [5.74, 6) is 0.924. The Morgan fingerprint density at radius 2 is 1.71 bits per heavy atom. The number of piperidine rings is 1. The molecule has 4 heteroatoms. The maximum absolute atomic E-state index is 5.31. The van der Waals surface area contributed by atoms with Crippen molar-refractivity contribution >= 4 is 23.2 Å². The summed E-state index contributed by atoms with van der Waals surface area (Å²) >= 11 is 0. The Labute approximate surface area is 150 Å². The summed E-state index contributed by atoms with van der Waals surface area (Å²) in [7, 11) is 4.00. The van der Waals surface area contributed by atoms with Crippen molar-refractivity contribution in [3.63, 3.8) is 0 Å². The first-order valence-electron chi connectivity index (χ1n) is 8.74. The Morgan fingerprint density at radius 1 is 1.04 bits per heavy atom. The van der Waals surface area contributed by atoms with Gasteiger partial charge in [0.15, 0.2) is 0 Å². The molecule has 2 aromatic carbocycles. The van der Waals surface area contributed by atoms with E-state index in [9.17, 15) is 0 Å². The predicted octanol–water partition coefficient (Wildman–Crippen LogP) is 3.99. The van der Waals surface area contributed by atoms with Crippen LogP contribution in [0.4, 0.5) is 0 Å². The molecule has 0 aliphatic carbocycles. The quantitative estimate of drug-likeness (QED) is 0.906. The van der Waals surface area contributed by atoms with Crippen LogP contribution < -0.4 is 10.1 Å². The van der Waals surface area contributed by atoms with E-state index < -0.39 is 0 Å². The van der Waals surface area contributed by atoms with Gasteiger partial charge in [-0.15, -0.1) is 12.4 Å². The molecule has 4 rings (SSSR count). The number of nitrogens with zero attached hydrogens (tertiary/aromatic N) is 1. The first-order valence-corrected chi connectivity index (χ1v) is 8.74. The van der Waals surface area contributed by atoms with E-state index in [1.165, 1.54) is 42.0 Å². The van der Waals surface area contributed by atoms with Gasteiger partial charge >= 0.3 is 0 Å². The molecule has 2 aromatic rings. The molecule has 2 saturated heterocycles. The molecule has 2 bridgehead atoms. The van der Waals surface area contributed by atoms with Gasteiger partial charge in [0.25, 0.3) is 0 Å². The Kier molecular flexibility index (Phi) is 5.33. The maximum Gasteiger partial charge on any atom is 0.119 e. The van der Waals surface area contributed by atoms with Gasteiger partial charge in [-0.3, -0.25) is 4.90 Å². The van der Waals surface area contributed by atoms with Crippen molar-refractivity contribution in [3.05, 3.63) is 42.0 Å². The SMILES string of the molecule is COc1ccc2cc(CN(C)C3CC4CCC(C3)N4)ccc2c1.Cl. The van der Waals surface area contributed by atoms with Crippen LogP contribution in [0.1, 0.15) is 31.2 Å². The number of hydrogen-bond acceptors (Lipinski definition) is 3. The van der Waals surface area contributed by atoms with E-state index in [4.69, 9.17) is 4.74 Å². The summed E-state index contributed by atoms with van der Waals surface area (Å²) < 4.78 is 5.31. The number of methoxy groups -OCH3 is 1. The van der Waals surface area contributed by atoms with Gasteiger partial charge < -0.3 is 10.1 Å². The molecule has 0 amide bonds. The molecule has 0 aromatic heterocycles. The largest absolute Gasteiger partial charge is 0.497 e. The monoisotopic (exact) mass is 346 g/mol. The van der Waals surface area contributed by atoms with Crippen molar-refractivity contribution in [2.75, 3.05) is 14.2 Å². The van der Waals surface area contributed by atoms with Gasteiger partial charge in [-0.2, -0.15) is 0 Å². The average Bonchev–Trinajstić information content (AvgIpc) is 2.92. The third-order valence-corrected chi connectivity index (χ3v) is 5.62. The minimum absolute atomic E-state index is 0. The lowest BCUT2D eigenvalue weighted by atomic mass is 9.98. The fraction of sp³-hybridized carbons (Fsp3) is 0.500. The third kappa shape index (κ3) is 3.53. The lowest BCUT2D eigenvalue weighted by Gasteiger charge is -2.35. The first-order chi connectivity index (χ1) is 11.2. The number of hydrogen-bond donors (Lipinski definition) is 1. The Balaban J connectivity index is 0.00000169. The van der Waals surface area contributed by atoms with Crippen molar-refractivity contribution < 1.29 is 4.74 Å². The molecule has 130 valence electrons. The molecule has 0 saturated carbocycles. The van der Waals surface area contributed by atoms with Crippen LogP contribution in [-0.2, 0) is 6.54 Å². The number of ether oxygens (including phenoxy) is 1. The van der Waals surface area contributed by atoms with Crippen molar-refractivity contribution in [1.82, 2.24) is 10.2 Å². The molecule has 0 spiro atoms. The smallest absolute Gasteiger partial charge is 0.119 e. The second kappa shape index (κ2) is 7.30. The van der Waals surface area contributed by atoms with E-state index in [2.05, 4.69) is 47.6 Å². The van der Waals surface area contributed by atoms with Gasteiger partial charge in [0.05, 0.1) is 7.11 Å². The van der Waals surface area contributed by atoms with Crippen LogP contribution in [-0.4, -0.2) is 37.2 Å². The number of benzene rings is 2. The Hall–Kier alpha value is -1.29. The van der Waals surface area contributed by atoms with Crippen LogP contribution in [0.5, 0.6) is 5.75 Å². The number of nitrogens with one attached hydrogen (secondary N) is 1. The van der Waals surface area contributed by atoms with Crippen molar-refractivity contribution in [2.45, 2.75) is 50.4 Å². The van der Waals surface area contributed by atoms with Crippen molar-refractivity contribution in [3.8, 4) is 5.75 Å². The van der Waals surface area contributed by atoms with E-state index in [1.807, 2.05) is 6.07 Å². The highest BCUT2D eigenvalue weighted by molar-refractivity contribution is 5.85. The van der Waals surface area contributed by atoms with E-state index >= 15 is 0 Å². The lowest BCUT2D eigenvalue weighted by Crippen LogP contribution is -2.46. The number of rotatable bonds is 4. The average molecular weight is 347 g/mol. The van der Waals surface area contributed by atoms with E-state index in [-0.39, 0.29) is 12.4 Å². The van der Waals surface area contributed by atoms with Gasteiger partial charge in [0.1, 0.15) is 5.75 Å². The molecule has 24 heavy (non-hydrogen) atoms. The summed E-state index contributed by atoms with van der Waals surface area (Å²) in [6.07, 6.45) is 5.34. The molecule has 3 nitrogen and oxygen atoms in total. The minimum Gasteiger partial charge on any atom is -0.497 e. The number of fused-ring (bicyclic) bond motifs is 3. The van der Waals surface area contributed by atoms with E-state index in [0.717, 1.165) is 30.4 Å². The summed E-state index contributed by atoms with van der Waals surface area (Å²) in [6, 6.07) is 15.3. The normalized spacial score (nSPS) is 25.7. The third-order valence-electron chi connectivity index (χ3n) is 5.62. The fourth-order valence-corrected chi connectivity index (χ4v) is 4.30. The molecule has 2 unspecified atom stereocenters. The van der Waals surface area contributed by atoms with Gasteiger partial charge in [-0.1, -0.05) is 18.2 Å². The van der Waals surface area contributed by atoms with Crippen LogP contribution in [0.15, 0.2) is 36.4 Å². The second-order valence-corrected chi connectivity index (χ2v) is 7.23. The second-order valence-electron chi connectivity index (χ2n) is 7.23. The van der Waals surface area contributed by atoms with E-state index in [0.29, 0.717) is 0 Å². The Bertz CT molecular complexity index is 693. The van der Waals surface area contributed by atoms with Crippen LogP contribution in [0.2, 0.25) is 0 Å². The van der Waals surface area contributed by atoms with Gasteiger partial charge in [-0.25, -0.2) is 0 Å². The zero-order chi connectivity index (χ0) is 15.8. The first kappa shape index (κ1) is 17.5. The summed E-state index contributed by atoms with van der Waals surface area (Å²) in [5.41, 5.74) is 1.40. The van der Waals surface area contributed by atoms with Crippen LogP contribution in [0.25, 0.3) is 10.8 Å². The van der Waals surface area contributed by atoms with Crippen LogP contribution >= 0.6 is 12.4 Å². The minimum atomic E-state index is 0. The van der Waals surface area contributed by atoms with Crippen molar-refractivity contribution in [1.29, 1.82) is 0 Å². The highest BCUT2D eigenvalue weighted by Gasteiger charge is 2.34. The van der Waals surface area contributed by atoms with Crippen molar-refractivity contribution in [2.24, 2.45) is 0 Å². The molecule has 0 radical (unpaired) electrons. The predicted molar refractivity (Wildman–Crippen MR) is 102 cm³/mol. The highest BCUT2D eigenvalue weighted by Crippen LogP contribution is 2.30. The Morgan fingerprint density at radius 3 is 2.42 bits per heavy atom. The zero-order valence-electron chi connectivity index (χ0n) is 14.5. The van der Waals surface area contributed by atoms with Gasteiger partial charge in [0, 0.05) is 24.7 Å². The summed E-state index contributed by atoms with van der Waals surface area (Å²) in [5, 5.41) is 6.28. The lowest BCUT2D eigenvalue weighted by molar-refractivity contribution is 0.166. The highest BCUT2D eigenvalue weighted by atomic mass is 35.5. The fourth-order valence-electron chi connectivity index (χ4n) is 4.30. The summed E-state index contributed by atoms with van der Waals surface area (Å²) in [4.78, 5) is 2.55. The topological polar surface area (TPSA) is 24.5 Å². The summed E-state index contributed by atoms with van der Waals surface area (Å²) in [6.45, 7) is 1.03. The number of halogens is 1. The molecule has 2 heterocycles. The molecule has 2 fully saturated rings. The van der Waals surface area contributed by atoms with Crippen LogP contribution in [0, 0.1) is 0 Å². The van der Waals surface area contributed by atoms with Gasteiger partial charge in [-0.05, 0) is 67.3 Å². The standard InChI is InChI=1S/C20H26N2O.ClH/c1-22(19-11-17-6-7-18(12-19)21-17)13-14-3-4-16-10-20(23-2)8-5-15(16)9-14;/h3-5,8-10,17-19,21H,6-7,11-13H2,1-2H3;1H. The molecule has 2 atom stereocenters.